The molecule has 21 heavy (non-hydrogen) atoms. The number of ether oxygens (including phenoxy) is 1. The van der Waals surface area contributed by atoms with Crippen LogP contribution in [0, 0.1) is 0 Å². The number of hydrogen-bond acceptors (Lipinski definition) is 3. The van der Waals surface area contributed by atoms with Crippen molar-refractivity contribution in [1.82, 2.24) is 0 Å². The Kier molecular flexibility index (Phi) is 4.97. The van der Waals surface area contributed by atoms with Gasteiger partial charge in [0.25, 0.3) is 0 Å². The van der Waals surface area contributed by atoms with Crippen molar-refractivity contribution in [1.29, 1.82) is 0 Å². The van der Waals surface area contributed by atoms with E-state index in [1.165, 1.54) is 0 Å². The summed E-state index contributed by atoms with van der Waals surface area (Å²) in [5.41, 5.74) is 7.58. The van der Waals surface area contributed by atoms with Crippen molar-refractivity contribution < 1.29 is 4.74 Å². The van der Waals surface area contributed by atoms with Crippen molar-refractivity contribution in [2.45, 2.75) is 23.5 Å². The second-order valence-electron chi connectivity index (χ2n) is 5.15. The summed E-state index contributed by atoms with van der Waals surface area (Å²) in [6.07, 6.45) is 0. The zero-order valence-corrected chi connectivity index (χ0v) is 14.4. The quantitative estimate of drug-likeness (QED) is 0.579. The lowest BCUT2D eigenvalue weighted by Gasteiger charge is -2.26. The van der Waals surface area contributed by atoms with Crippen LogP contribution in [0.4, 0.5) is 5.69 Å². The minimum Gasteiger partial charge on any atom is -0.496 e. The standard InChI is InChI=1S/C16H17Cl2NOS/c1-16(2,10-5-4-6-11(17)7-10)21-15-9-13(19)12(18)8-14(15)20-3/h4-9H,19H2,1-3H3. The van der Waals surface area contributed by atoms with Gasteiger partial charge < -0.3 is 10.5 Å². The maximum Gasteiger partial charge on any atom is 0.134 e. The molecular weight excluding hydrogens is 325 g/mol. The second kappa shape index (κ2) is 6.39. The average Bonchev–Trinajstić information content (AvgIpc) is 2.42. The van der Waals surface area contributed by atoms with Crippen molar-refractivity contribution in [2.24, 2.45) is 0 Å². The number of methoxy groups -OCH3 is 1. The molecule has 0 heterocycles. The van der Waals surface area contributed by atoms with Crippen LogP contribution < -0.4 is 10.5 Å². The van der Waals surface area contributed by atoms with Gasteiger partial charge in [-0.3, -0.25) is 0 Å². The van der Waals surface area contributed by atoms with E-state index in [1.54, 1.807) is 24.9 Å². The first-order chi connectivity index (χ1) is 9.83. The Balaban J connectivity index is 2.38. The highest BCUT2D eigenvalue weighted by atomic mass is 35.5. The smallest absolute Gasteiger partial charge is 0.134 e. The third kappa shape index (κ3) is 3.79. The van der Waals surface area contributed by atoms with E-state index in [-0.39, 0.29) is 4.75 Å². The zero-order valence-electron chi connectivity index (χ0n) is 12.1. The van der Waals surface area contributed by atoms with Gasteiger partial charge in [-0.1, -0.05) is 35.3 Å². The van der Waals surface area contributed by atoms with E-state index in [9.17, 15) is 0 Å². The highest BCUT2D eigenvalue weighted by Gasteiger charge is 2.24. The summed E-state index contributed by atoms with van der Waals surface area (Å²) in [5.74, 6) is 0.717. The molecule has 0 aliphatic rings. The Bertz CT molecular complexity index is 659. The zero-order chi connectivity index (χ0) is 15.6. The van der Waals surface area contributed by atoms with Gasteiger partial charge in [0, 0.05) is 15.8 Å². The van der Waals surface area contributed by atoms with Crippen LogP contribution in [-0.4, -0.2) is 7.11 Å². The Morgan fingerprint density at radius 2 is 1.86 bits per heavy atom. The van der Waals surface area contributed by atoms with E-state index in [0.29, 0.717) is 16.5 Å². The van der Waals surface area contributed by atoms with Crippen LogP contribution in [0.25, 0.3) is 0 Å². The molecule has 0 fully saturated rings. The summed E-state index contributed by atoms with van der Waals surface area (Å²) in [4.78, 5) is 0.948. The molecule has 0 amide bonds. The molecule has 0 aromatic heterocycles. The van der Waals surface area contributed by atoms with Crippen LogP contribution in [0.5, 0.6) is 5.75 Å². The minimum absolute atomic E-state index is 0.182. The average molecular weight is 342 g/mol. The molecule has 2 rings (SSSR count). The number of benzene rings is 2. The molecule has 2 aromatic rings. The molecule has 0 aliphatic carbocycles. The van der Waals surface area contributed by atoms with Gasteiger partial charge in [0.15, 0.2) is 0 Å². The Labute approximate surface area is 139 Å². The fourth-order valence-electron chi connectivity index (χ4n) is 1.99. The van der Waals surface area contributed by atoms with Crippen LogP contribution in [0.1, 0.15) is 19.4 Å². The maximum atomic E-state index is 6.09. The van der Waals surface area contributed by atoms with Gasteiger partial charge in [-0.05, 0) is 37.6 Å². The van der Waals surface area contributed by atoms with Crippen LogP contribution in [0.15, 0.2) is 41.3 Å². The van der Waals surface area contributed by atoms with Gasteiger partial charge >= 0.3 is 0 Å². The summed E-state index contributed by atoms with van der Waals surface area (Å²) in [6, 6.07) is 11.4. The van der Waals surface area contributed by atoms with Crippen LogP contribution in [0.2, 0.25) is 10.0 Å². The van der Waals surface area contributed by atoms with E-state index >= 15 is 0 Å². The number of nitrogen functional groups attached to an aromatic ring is 1. The first-order valence-electron chi connectivity index (χ1n) is 6.41. The van der Waals surface area contributed by atoms with Crippen molar-refractivity contribution in [3.63, 3.8) is 0 Å². The van der Waals surface area contributed by atoms with Crippen LogP contribution >= 0.6 is 35.0 Å². The van der Waals surface area contributed by atoms with E-state index in [4.69, 9.17) is 33.7 Å². The summed E-state index contributed by atoms with van der Waals surface area (Å²) in [5, 5.41) is 1.22. The third-order valence-corrected chi connectivity index (χ3v) is 5.02. The highest BCUT2D eigenvalue weighted by Crippen LogP contribution is 2.46. The molecule has 0 radical (unpaired) electrons. The van der Waals surface area contributed by atoms with Crippen LogP contribution in [0.3, 0.4) is 0 Å². The number of halogens is 2. The molecule has 0 bridgehead atoms. The summed E-state index contributed by atoms with van der Waals surface area (Å²) < 4.78 is 5.22. The number of rotatable bonds is 4. The van der Waals surface area contributed by atoms with Gasteiger partial charge in [0.1, 0.15) is 5.75 Å². The number of thioether (sulfide) groups is 1. The molecule has 0 saturated heterocycles. The SMILES string of the molecule is COc1cc(Cl)c(N)cc1SC(C)(C)c1cccc(Cl)c1. The molecule has 5 heteroatoms. The maximum absolute atomic E-state index is 6.09. The van der Waals surface area contributed by atoms with E-state index < -0.39 is 0 Å². The van der Waals surface area contributed by atoms with Gasteiger partial charge in [-0.25, -0.2) is 0 Å². The molecule has 0 atom stereocenters. The highest BCUT2D eigenvalue weighted by molar-refractivity contribution is 8.00. The molecule has 0 spiro atoms. The Morgan fingerprint density at radius 1 is 1.14 bits per heavy atom. The normalized spacial score (nSPS) is 11.5. The third-order valence-electron chi connectivity index (χ3n) is 3.17. The molecule has 2 aromatic carbocycles. The monoisotopic (exact) mass is 341 g/mol. The molecule has 2 nitrogen and oxygen atoms in total. The van der Waals surface area contributed by atoms with Gasteiger partial charge in [0.05, 0.1) is 22.7 Å². The molecule has 2 N–H and O–H groups in total. The van der Waals surface area contributed by atoms with Crippen molar-refractivity contribution in [3.8, 4) is 5.75 Å². The fraction of sp³-hybridized carbons (Fsp3) is 0.250. The lowest BCUT2D eigenvalue weighted by molar-refractivity contribution is 0.404. The molecule has 0 saturated carbocycles. The van der Waals surface area contributed by atoms with Crippen molar-refractivity contribution in [2.75, 3.05) is 12.8 Å². The summed E-state index contributed by atoms with van der Waals surface area (Å²) >= 11 is 13.8. The van der Waals surface area contributed by atoms with E-state index in [0.717, 1.165) is 15.5 Å². The summed E-state index contributed by atoms with van der Waals surface area (Å²) in [7, 11) is 1.62. The second-order valence-corrected chi connectivity index (χ2v) is 7.66. The first kappa shape index (κ1) is 16.3. The predicted octanol–water partition coefficient (Wildman–Crippen LogP) is 5.61. The molecule has 0 unspecified atom stereocenters. The number of anilines is 1. The molecule has 0 aliphatic heterocycles. The van der Waals surface area contributed by atoms with Crippen molar-refractivity contribution >= 4 is 40.7 Å². The number of nitrogens with two attached hydrogens (primary N) is 1. The fourth-order valence-corrected chi connectivity index (χ4v) is 3.55. The summed E-state index contributed by atoms with van der Waals surface area (Å²) in [6.45, 7) is 4.27. The minimum atomic E-state index is -0.182. The molecule has 112 valence electrons. The number of hydrogen-bond donors (Lipinski definition) is 1. The Hall–Kier alpha value is -1.03. The van der Waals surface area contributed by atoms with Crippen LogP contribution in [-0.2, 0) is 4.75 Å². The largest absolute Gasteiger partial charge is 0.496 e. The van der Waals surface area contributed by atoms with Gasteiger partial charge in [-0.15, -0.1) is 11.8 Å². The Morgan fingerprint density at radius 3 is 2.48 bits per heavy atom. The van der Waals surface area contributed by atoms with Gasteiger partial charge in [-0.2, -0.15) is 0 Å². The van der Waals surface area contributed by atoms with Crippen molar-refractivity contribution in [3.05, 3.63) is 52.0 Å². The predicted molar refractivity (Wildman–Crippen MR) is 92.8 cm³/mol. The topological polar surface area (TPSA) is 35.2 Å². The van der Waals surface area contributed by atoms with E-state index in [1.807, 2.05) is 24.3 Å². The lowest BCUT2D eigenvalue weighted by Crippen LogP contribution is -2.12. The lowest BCUT2D eigenvalue weighted by atomic mass is 10.0. The van der Waals surface area contributed by atoms with Gasteiger partial charge in [0.2, 0.25) is 0 Å². The molecular formula is C16H17Cl2NOS. The van der Waals surface area contributed by atoms with E-state index in [2.05, 4.69) is 19.9 Å². The first-order valence-corrected chi connectivity index (χ1v) is 7.99.